The van der Waals surface area contributed by atoms with E-state index in [-0.39, 0.29) is 11.8 Å². The number of nitrogens with zero attached hydrogens (tertiary/aromatic N) is 2. The lowest BCUT2D eigenvalue weighted by Gasteiger charge is -2.13. The summed E-state index contributed by atoms with van der Waals surface area (Å²) in [6, 6.07) is 4.66. The van der Waals surface area contributed by atoms with E-state index >= 15 is 0 Å². The Hall–Kier alpha value is -1.88. The van der Waals surface area contributed by atoms with Gasteiger partial charge in [-0.25, -0.2) is 9.37 Å². The molecule has 1 aromatic carbocycles. The van der Waals surface area contributed by atoms with Crippen LogP contribution < -0.4 is 10.5 Å². The summed E-state index contributed by atoms with van der Waals surface area (Å²) in [6.07, 6.45) is 4.13. The number of benzene rings is 1. The average Bonchev–Trinajstić information content (AvgIpc) is 2.86. The number of aromatic nitrogens is 2. The van der Waals surface area contributed by atoms with E-state index in [1.807, 2.05) is 6.92 Å². The Bertz CT molecular complexity index is 539. The van der Waals surface area contributed by atoms with Gasteiger partial charge in [0.25, 0.3) is 0 Å². The number of halogens is 1. The normalized spacial score (nSPS) is 12.4. The highest BCUT2D eigenvalue weighted by Gasteiger charge is 2.12. The third kappa shape index (κ3) is 2.22. The summed E-state index contributed by atoms with van der Waals surface area (Å²) >= 11 is 0. The van der Waals surface area contributed by atoms with Gasteiger partial charge in [-0.1, -0.05) is 6.92 Å². The highest BCUT2D eigenvalue weighted by Crippen LogP contribution is 2.23. The van der Waals surface area contributed by atoms with E-state index in [0.717, 1.165) is 12.1 Å². The van der Waals surface area contributed by atoms with Crippen molar-refractivity contribution in [3.05, 3.63) is 42.2 Å². The van der Waals surface area contributed by atoms with Crippen LogP contribution in [0.2, 0.25) is 0 Å². The van der Waals surface area contributed by atoms with E-state index in [0.29, 0.717) is 5.69 Å². The lowest BCUT2D eigenvalue weighted by atomic mass is 10.2. The zero-order chi connectivity index (χ0) is 13.1. The number of hydrogen-bond acceptors (Lipinski definition) is 3. The molecule has 96 valence electrons. The van der Waals surface area contributed by atoms with Gasteiger partial charge in [0.15, 0.2) is 11.6 Å². The molecule has 1 aromatic heterocycles. The molecule has 5 heteroatoms. The van der Waals surface area contributed by atoms with E-state index in [9.17, 15) is 4.39 Å². The zero-order valence-electron chi connectivity index (χ0n) is 10.4. The quantitative estimate of drug-likeness (QED) is 0.905. The Morgan fingerprint density at radius 1 is 1.50 bits per heavy atom. The van der Waals surface area contributed by atoms with Crippen molar-refractivity contribution >= 4 is 0 Å². The number of imidazole rings is 1. The first-order chi connectivity index (χ1) is 8.67. The Labute approximate surface area is 105 Å². The molecule has 0 spiro atoms. The number of hydrogen-bond donors (Lipinski definition) is 1. The van der Waals surface area contributed by atoms with Gasteiger partial charge in [0.1, 0.15) is 0 Å². The summed E-state index contributed by atoms with van der Waals surface area (Å²) in [5.41, 5.74) is 7.54. The molecule has 2 rings (SSSR count). The predicted octanol–water partition coefficient (Wildman–Crippen LogP) is 2.43. The van der Waals surface area contributed by atoms with Gasteiger partial charge in [0.2, 0.25) is 0 Å². The van der Waals surface area contributed by atoms with E-state index < -0.39 is 5.82 Å². The molecule has 0 saturated carbocycles. The van der Waals surface area contributed by atoms with E-state index in [4.69, 9.17) is 10.5 Å². The summed E-state index contributed by atoms with van der Waals surface area (Å²) in [5, 5.41) is 0. The summed E-state index contributed by atoms with van der Waals surface area (Å²) in [4.78, 5) is 4.07. The fourth-order valence-electron chi connectivity index (χ4n) is 1.81. The molecule has 0 fully saturated rings. The molecule has 2 aromatic rings. The predicted molar refractivity (Wildman–Crippen MR) is 67.3 cm³/mol. The maximum absolute atomic E-state index is 13.7. The molecule has 0 saturated heterocycles. The first-order valence-electron chi connectivity index (χ1n) is 5.79. The van der Waals surface area contributed by atoms with Crippen molar-refractivity contribution in [2.24, 2.45) is 5.73 Å². The van der Waals surface area contributed by atoms with E-state index in [1.165, 1.54) is 13.2 Å². The van der Waals surface area contributed by atoms with Crippen LogP contribution in [0, 0.1) is 5.82 Å². The van der Waals surface area contributed by atoms with Gasteiger partial charge in [-0.3, -0.25) is 0 Å². The molecular formula is C13H16FN3O. The molecule has 4 nitrogen and oxygen atoms in total. The Balaban J connectivity index is 2.43. The standard InChI is InChI=1S/C13H16FN3O/c1-3-11(15)12-7-16-8-17(12)9-4-5-13(18-2)10(14)6-9/h4-8,11H,3,15H2,1-2H3/t11-/m1/s1. The van der Waals surface area contributed by atoms with Gasteiger partial charge in [-0.15, -0.1) is 0 Å². The molecule has 18 heavy (non-hydrogen) atoms. The van der Waals surface area contributed by atoms with Crippen LogP contribution in [0.25, 0.3) is 5.69 Å². The molecule has 1 heterocycles. The third-order valence-electron chi connectivity index (χ3n) is 2.90. The van der Waals surface area contributed by atoms with Crippen molar-refractivity contribution in [1.82, 2.24) is 9.55 Å². The number of nitrogens with two attached hydrogens (primary N) is 1. The molecule has 1 atom stereocenters. The minimum absolute atomic E-state index is 0.113. The van der Waals surface area contributed by atoms with Crippen LogP contribution in [0.4, 0.5) is 4.39 Å². The molecule has 0 aliphatic heterocycles. The van der Waals surface area contributed by atoms with Gasteiger partial charge in [0.05, 0.1) is 31.0 Å². The van der Waals surface area contributed by atoms with Crippen LogP contribution in [-0.2, 0) is 0 Å². The Kier molecular flexibility index (Phi) is 3.62. The fraction of sp³-hybridized carbons (Fsp3) is 0.308. The van der Waals surface area contributed by atoms with E-state index in [2.05, 4.69) is 4.98 Å². The lowest BCUT2D eigenvalue weighted by molar-refractivity contribution is 0.386. The summed E-state index contributed by atoms with van der Waals surface area (Å²) in [7, 11) is 1.44. The second-order valence-corrected chi connectivity index (χ2v) is 4.02. The topological polar surface area (TPSA) is 53.1 Å². The van der Waals surface area contributed by atoms with E-state index in [1.54, 1.807) is 29.2 Å². The highest BCUT2D eigenvalue weighted by atomic mass is 19.1. The molecule has 0 bridgehead atoms. The summed E-state index contributed by atoms with van der Waals surface area (Å²) in [6.45, 7) is 2.00. The van der Waals surface area contributed by atoms with Crippen LogP contribution in [0.15, 0.2) is 30.7 Å². The van der Waals surface area contributed by atoms with Gasteiger partial charge >= 0.3 is 0 Å². The second-order valence-electron chi connectivity index (χ2n) is 4.02. The highest BCUT2D eigenvalue weighted by molar-refractivity contribution is 5.40. The number of ether oxygens (including phenoxy) is 1. The molecule has 0 amide bonds. The number of rotatable bonds is 4. The Morgan fingerprint density at radius 2 is 2.28 bits per heavy atom. The number of methoxy groups -OCH3 is 1. The molecule has 0 aliphatic rings. The summed E-state index contributed by atoms with van der Waals surface area (Å²) in [5.74, 6) is -0.181. The van der Waals surface area contributed by atoms with Gasteiger partial charge in [-0.2, -0.15) is 0 Å². The van der Waals surface area contributed by atoms with Crippen LogP contribution in [-0.4, -0.2) is 16.7 Å². The minimum atomic E-state index is -0.403. The maximum Gasteiger partial charge on any atom is 0.167 e. The van der Waals surface area contributed by atoms with Crippen molar-refractivity contribution in [3.63, 3.8) is 0 Å². The first-order valence-corrected chi connectivity index (χ1v) is 5.79. The minimum Gasteiger partial charge on any atom is -0.494 e. The van der Waals surface area contributed by atoms with Crippen molar-refractivity contribution in [2.45, 2.75) is 19.4 Å². The lowest BCUT2D eigenvalue weighted by Crippen LogP contribution is -2.13. The van der Waals surface area contributed by atoms with Crippen LogP contribution in [0.3, 0.4) is 0 Å². The molecule has 2 N–H and O–H groups in total. The molecule has 0 aliphatic carbocycles. The third-order valence-corrected chi connectivity index (χ3v) is 2.90. The zero-order valence-corrected chi connectivity index (χ0v) is 10.4. The van der Waals surface area contributed by atoms with Crippen LogP contribution in [0.5, 0.6) is 5.75 Å². The maximum atomic E-state index is 13.7. The monoisotopic (exact) mass is 249 g/mol. The van der Waals surface area contributed by atoms with Crippen LogP contribution >= 0.6 is 0 Å². The smallest absolute Gasteiger partial charge is 0.167 e. The molecular weight excluding hydrogens is 233 g/mol. The summed E-state index contributed by atoms with van der Waals surface area (Å²) < 4.78 is 20.3. The van der Waals surface area contributed by atoms with Gasteiger partial charge < -0.3 is 15.0 Å². The van der Waals surface area contributed by atoms with Crippen molar-refractivity contribution in [2.75, 3.05) is 7.11 Å². The molecule has 0 radical (unpaired) electrons. The average molecular weight is 249 g/mol. The van der Waals surface area contributed by atoms with Gasteiger partial charge in [-0.05, 0) is 18.6 Å². The Morgan fingerprint density at radius 3 is 2.89 bits per heavy atom. The van der Waals surface area contributed by atoms with Crippen molar-refractivity contribution in [3.8, 4) is 11.4 Å². The first kappa shape index (κ1) is 12.6. The molecule has 0 unspecified atom stereocenters. The van der Waals surface area contributed by atoms with Gasteiger partial charge in [0, 0.05) is 12.1 Å². The van der Waals surface area contributed by atoms with Crippen molar-refractivity contribution < 1.29 is 9.13 Å². The van der Waals surface area contributed by atoms with Crippen molar-refractivity contribution in [1.29, 1.82) is 0 Å². The van der Waals surface area contributed by atoms with Crippen LogP contribution in [0.1, 0.15) is 25.1 Å². The largest absolute Gasteiger partial charge is 0.494 e. The SMILES string of the molecule is CC[C@@H](N)c1cncn1-c1ccc(OC)c(F)c1. The fourth-order valence-corrected chi connectivity index (χ4v) is 1.81. The second kappa shape index (κ2) is 5.18.